The normalized spacial score (nSPS) is 16.0. The highest BCUT2D eigenvalue weighted by Gasteiger charge is 2.15. The minimum atomic E-state index is 0.179. The van der Waals surface area contributed by atoms with Crippen LogP contribution in [0.5, 0.6) is 0 Å². The average Bonchev–Trinajstić information content (AvgIpc) is 2.18. The molecule has 0 spiro atoms. The van der Waals surface area contributed by atoms with Gasteiger partial charge in [0, 0.05) is 13.7 Å². The van der Waals surface area contributed by atoms with Gasteiger partial charge in [0.05, 0.1) is 12.2 Å². The Bertz CT molecular complexity index is 143. The Kier molecular flexibility index (Phi) is 9.00. The van der Waals surface area contributed by atoms with Crippen LogP contribution < -0.4 is 0 Å². The van der Waals surface area contributed by atoms with E-state index < -0.39 is 0 Å². The molecule has 14 heavy (non-hydrogen) atoms. The first-order valence-electron chi connectivity index (χ1n) is 5.34. The van der Waals surface area contributed by atoms with Gasteiger partial charge in [-0.15, -0.1) is 0 Å². The molecule has 0 rings (SSSR count). The van der Waals surface area contributed by atoms with Crippen LogP contribution in [0.4, 0.5) is 0 Å². The molecular weight excluding hydrogens is 176 g/mol. The Morgan fingerprint density at radius 3 is 2.57 bits per heavy atom. The van der Waals surface area contributed by atoms with Crippen LogP contribution in [0, 0.1) is 6.92 Å². The summed E-state index contributed by atoms with van der Waals surface area (Å²) >= 11 is 0. The molecule has 0 aromatic rings. The maximum Gasteiger partial charge on any atom is 0.0833 e. The molecule has 1 radical (unpaired) electrons. The van der Waals surface area contributed by atoms with Gasteiger partial charge in [0.2, 0.25) is 0 Å². The number of rotatable bonds is 8. The molecule has 0 aromatic carbocycles. The lowest BCUT2D eigenvalue weighted by atomic mass is 10.1. The lowest BCUT2D eigenvalue weighted by Gasteiger charge is -2.21. The topological polar surface area (TPSA) is 18.5 Å². The van der Waals surface area contributed by atoms with Gasteiger partial charge in [0.25, 0.3) is 0 Å². The third-order valence-corrected chi connectivity index (χ3v) is 2.21. The second kappa shape index (κ2) is 9.22. The van der Waals surface area contributed by atoms with Gasteiger partial charge >= 0.3 is 0 Å². The summed E-state index contributed by atoms with van der Waals surface area (Å²) < 4.78 is 10.9. The molecule has 0 N–H and O–H groups in total. The van der Waals surface area contributed by atoms with E-state index in [4.69, 9.17) is 9.47 Å². The fourth-order valence-corrected chi connectivity index (χ4v) is 1.41. The molecule has 2 nitrogen and oxygen atoms in total. The quantitative estimate of drug-likeness (QED) is 0.559. The smallest absolute Gasteiger partial charge is 0.0833 e. The molecule has 0 aliphatic heterocycles. The summed E-state index contributed by atoms with van der Waals surface area (Å²) in [6.07, 6.45) is 7.51. The van der Waals surface area contributed by atoms with E-state index in [-0.39, 0.29) is 12.2 Å². The van der Waals surface area contributed by atoms with E-state index in [0.29, 0.717) is 0 Å². The summed E-state index contributed by atoms with van der Waals surface area (Å²) in [5, 5.41) is 0. The molecule has 0 bridgehead atoms. The molecule has 2 unspecified atom stereocenters. The zero-order valence-corrected chi connectivity index (χ0v) is 9.66. The van der Waals surface area contributed by atoms with Gasteiger partial charge in [0.1, 0.15) is 0 Å². The van der Waals surface area contributed by atoms with Gasteiger partial charge in [-0.2, -0.15) is 0 Å². The van der Waals surface area contributed by atoms with Crippen molar-refractivity contribution in [1.82, 2.24) is 0 Å². The molecule has 2 heteroatoms. The number of ether oxygens (including phenoxy) is 2. The molecule has 0 heterocycles. The van der Waals surface area contributed by atoms with E-state index in [1.54, 1.807) is 7.11 Å². The van der Waals surface area contributed by atoms with Crippen LogP contribution in [0.2, 0.25) is 0 Å². The van der Waals surface area contributed by atoms with Gasteiger partial charge in [0.15, 0.2) is 0 Å². The molecule has 0 saturated heterocycles. The van der Waals surface area contributed by atoms with Crippen LogP contribution >= 0.6 is 0 Å². The van der Waals surface area contributed by atoms with E-state index in [1.165, 1.54) is 0 Å². The van der Waals surface area contributed by atoms with Crippen LogP contribution in [0.1, 0.15) is 33.1 Å². The van der Waals surface area contributed by atoms with Gasteiger partial charge in [-0.1, -0.05) is 12.2 Å². The van der Waals surface area contributed by atoms with Crippen LogP contribution in [-0.2, 0) is 9.47 Å². The SMILES string of the molecule is [CH2]C/C=C/CCC(OC)C(C)OCC. The largest absolute Gasteiger partial charge is 0.379 e. The Hall–Kier alpha value is -0.340. The Morgan fingerprint density at radius 1 is 1.36 bits per heavy atom. The van der Waals surface area contributed by atoms with Crippen molar-refractivity contribution in [3.63, 3.8) is 0 Å². The summed E-state index contributed by atoms with van der Waals surface area (Å²) in [5.74, 6) is 0. The molecule has 83 valence electrons. The van der Waals surface area contributed by atoms with Crippen LogP contribution in [0.15, 0.2) is 12.2 Å². The third kappa shape index (κ3) is 6.17. The summed E-state index contributed by atoms with van der Waals surface area (Å²) in [4.78, 5) is 0. The minimum absolute atomic E-state index is 0.179. The third-order valence-electron chi connectivity index (χ3n) is 2.21. The van der Waals surface area contributed by atoms with Crippen molar-refractivity contribution in [2.45, 2.75) is 45.3 Å². The van der Waals surface area contributed by atoms with Crippen molar-refractivity contribution in [1.29, 1.82) is 0 Å². The number of allylic oxidation sites excluding steroid dienone is 2. The summed E-state index contributed by atoms with van der Waals surface area (Å²) in [6, 6.07) is 0. The van der Waals surface area contributed by atoms with Gasteiger partial charge in [-0.25, -0.2) is 0 Å². The second-order valence-corrected chi connectivity index (χ2v) is 3.27. The van der Waals surface area contributed by atoms with Crippen LogP contribution in [-0.4, -0.2) is 25.9 Å². The predicted molar refractivity (Wildman–Crippen MR) is 60.2 cm³/mol. The van der Waals surface area contributed by atoms with Crippen molar-refractivity contribution in [2.24, 2.45) is 0 Å². The second-order valence-electron chi connectivity index (χ2n) is 3.27. The standard InChI is InChI=1S/C12H23O2/c1-5-7-8-9-10-12(13-4)11(3)14-6-2/h7-8,11-12H,1,5-6,9-10H2,2-4H3/b8-7+. The fraction of sp³-hybridized carbons (Fsp3) is 0.750. The summed E-state index contributed by atoms with van der Waals surface area (Å²) in [6.45, 7) is 8.55. The van der Waals surface area contributed by atoms with Gasteiger partial charge in [-0.3, -0.25) is 0 Å². The lowest BCUT2D eigenvalue weighted by molar-refractivity contribution is -0.0456. The van der Waals surface area contributed by atoms with E-state index in [0.717, 1.165) is 25.9 Å². The molecule has 2 atom stereocenters. The molecule has 0 amide bonds. The van der Waals surface area contributed by atoms with Crippen molar-refractivity contribution < 1.29 is 9.47 Å². The van der Waals surface area contributed by atoms with Crippen LogP contribution in [0.25, 0.3) is 0 Å². The Labute approximate surface area is 88.3 Å². The number of hydrogen-bond acceptors (Lipinski definition) is 2. The van der Waals surface area contributed by atoms with Crippen molar-refractivity contribution in [2.75, 3.05) is 13.7 Å². The zero-order chi connectivity index (χ0) is 10.8. The first-order valence-corrected chi connectivity index (χ1v) is 5.34. The minimum Gasteiger partial charge on any atom is -0.379 e. The van der Waals surface area contributed by atoms with E-state index in [2.05, 4.69) is 26.0 Å². The zero-order valence-electron chi connectivity index (χ0n) is 9.66. The van der Waals surface area contributed by atoms with Crippen LogP contribution in [0.3, 0.4) is 0 Å². The Morgan fingerprint density at radius 2 is 2.07 bits per heavy atom. The monoisotopic (exact) mass is 199 g/mol. The van der Waals surface area contributed by atoms with E-state index in [9.17, 15) is 0 Å². The van der Waals surface area contributed by atoms with Crippen molar-refractivity contribution >= 4 is 0 Å². The van der Waals surface area contributed by atoms with E-state index >= 15 is 0 Å². The molecule has 0 fully saturated rings. The highest BCUT2D eigenvalue weighted by Crippen LogP contribution is 2.10. The van der Waals surface area contributed by atoms with E-state index in [1.807, 2.05) is 6.92 Å². The van der Waals surface area contributed by atoms with Gasteiger partial charge < -0.3 is 9.47 Å². The fourth-order valence-electron chi connectivity index (χ4n) is 1.41. The summed E-state index contributed by atoms with van der Waals surface area (Å²) in [5.41, 5.74) is 0. The van der Waals surface area contributed by atoms with Gasteiger partial charge in [-0.05, 0) is 40.0 Å². The summed E-state index contributed by atoms with van der Waals surface area (Å²) in [7, 11) is 1.74. The Balaban J connectivity index is 3.72. The predicted octanol–water partition coefficient (Wildman–Crippen LogP) is 2.99. The first-order chi connectivity index (χ1) is 6.76. The molecule has 0 aliphatic rings. The lowest BCUT2D eigenvalue weighted by Crippen LogP contribution is -2.27. The van der Waals surface area contributed by atoms with Crippen molar-refractivity contribution in [3.8, 4) is 0 Å². The highest BCUT2D eigenvalue weighted by molar-refractivity contribution is 4.83. The molecule has 0 saturated carbocycles. The first kappa shape index (κ1) is 13.7. The highest BCUT2D eigenvalue weighted by atomic mass is 16.5. The van der Waals surface area contributed by atoms with Crippen molar-refractivity contribution in [3.05, 3.63) is 19.1 Å². The molecular formula is C12H23O2. The number of hydrogen-bond donors (Lipinski definition) is 0. The molecule has 0 aliphatic carbocycles. The maximum absolute atomic E-state index is 5.49. The maximum atomic E-state index is 5.49. The molecule has 0 aromatic heterocycles. The average molecular weight is 199 g/mol. The number of methoxy groups -OCH3 is 1.